The molecule has 1 nitrogen and oxygen atoms in total. The quantitative estimate of drug-likeness (QED) is 0.318. The highest BCUT2D eigenvalue weighted by Crippen LogP contribution is 1.82. The van der Waals surface area contributed by atoms with Gasteiger partial charge in [-0.15, -0.1) is 0 Å². The van der Waals surface area contributed by atoms with Crippen LogP contribution in [0.1, 0.15) is 13.3 Å². The van der Waals surface area contributed by atoms with E-state index in [1.807, 2.05) is 19.5 Å². The van der Waals surface area contributed by atoms with Crippen LogP contribution in [0.5, 0.6) is 0 Å². The SMILES string of the molecule is C/C=C/CCO[Si]C. The Hall–Kier alpha value is -0.0831. The molecule has 0 bridgehead atoms. The first-order chi connectivity index (χ1) is 3.91. The Morgan fingerprint density at radius 2 is 2.38 bits per heavy atom. The molecule has 0 fully saturated rings. The van der Waals surface area contributed by atoms with E-state index in [4.69, 9.17) is 4.43 Å². The molecule has 0 saturated carbocycles. The standard InChI is InChI=1S/C6H12OSi/c1-3-4-5-6-7-8-2/h3-4H,5-6H2,1-2H3/b4-3+. The fraction of sp³-hybridized carbons (Fsp3) is 0.667. The molecule has 46 valence electrons. The first-order valence-corrected chi connectivity index (χ1v) is 4.22. The lowest BCUT2D eigenvalue weighted by Gasteiger charge is -1.92. The van der Waals surface area contributed by atoms with E-state index in [1.165, 1.54) is 0 Å². The van der Waals surface area contributed by atoms with Crippen molar-refractivity contribution in [2.24, 2.45) is 0 Å². The lowest BCUT2D eigenvalue weighted by molar-refractivity contribution is 0.347. The molecule has 0 saturated heterocycles. The number of allylic oxidation sites excluding steroid dienone is 1. The van der Waals surface area contributed by atoms with E-state index in [0.717, 1.165) is 13.0 Å². The van der Waals surface area contributed by atoms with Gasteiger partial charge in [-0.3, -0.25) is 0 Å². The molecule has 2 radical (unpaired) electrons. The molecular formula is C6H12OSi. The molecule has 0 N–H and O–H groups in total. The third-order valence-electron chi connectivity index (χ3n) is 0.767. The van der Waals surface area contributed by atoms with E-state index in [1.54, 1.807) is 0 Å². The highest BCUT2D eigenvalue weighted by molar-refractivity contribution is 6.24. The minimum absolute atomic E-state index is 0.635. The Kier molecular flexibility index (Phi) is 6.85. The lowest BCUT2D eigenvalue weighted by atomic mass is 10.4. The summed E-state index contributed by atoms with van der Waals surface area (Å²) in [5, 5.41) is 0. The van der Waals surface area contributed by atoms with Crippen LogP contribution in [-0.2, 0) is 4.43 Å². The summed E-state index contributed by atoms with van der Waals surface area (Å²) in [7, 11) is 0.635. The van der Waals surface area contributed by atoms with Gasteiger partial charge in [0.15, 0.2) is 0 Å². The Morgan fingerprint density at radius 1 is 1.62 bits per heavy atom. The molecular weight excluding hydrogens is 116 g/mol. The van der Waals surface area contributed by atoms with Gasteiger partial charge in [-0.1, -0.05) is 12.2 Å². The highest BCUT2D eigenvalue weighted by Gasteiger charge is 1.78. The van der Waals surface area contributed by atoms with Gasteiger partial charge >= 0.3 is 0 Å². The van der Waals surface area contributed by atoms with E-state index >= 15 is 0 Å². The van der Waals surface area contributed by atoms with Crippen molar-refractivity contribution in [2.75, 3.05) is 6.61 Å². The van der Waals surface area contributed by atoms with Crippen LogP contribution in [0.15, 0.2) is 12.2 Å². The van der Waals surface area contributed by atoms with E-state index in [2.05, 4.69) is 6.08 Å². The van der Waals surface area contributed by atoms with Crippen LogP contribution in [0.2, 0.25) is 6.55 Å². The minimum Gasteiger partial charge on any atom is -0.417 e. The van der Waals surface area contributed by atoms with Crippen molar-refractivity contribution in [3.63, 3.8) is 0 Å². The van der Waals surface area contributed by atoms with Gasteiger partial charge in [-0.2, -0.15) is 0 Å². The van der Waals surface area contributed by atoms with Crippen LogP contribution in [-0.4, -0.2) is 16.4 Å². The molecule has 0 unspecified atom stereocenters. The summed E-state index contributed by atoms with van der Waals surface area (Å²) in [4.78, 5) is 0. The molecule has 0 aromatic carbocycles. The monoisotopic (exact) mass is 128 g/mol. The minimum atomic E-state index is 0.635. The first-order valence-electron chi connectivity index (χ1n) is 2.81. The van der Waals surface area contributed by atoms with Gasteiger partial charge in [0, 0.05) is 6.61 Å². The molecule has 0 rings (SSSR count). The molecule has 0 aliphatic heterocycles. The van der Waals surface area contributed by atoms with Gasteiger partial charge in [0.1, 0.15) is 0 Å². The highest BCUT2D eigenvalue weighted by atomic mass is 28.2. The summed E-state index contributed by atoms with van der Waals surface area (Å²) in [6.07, 6.45) is 5.21. The van der Waals surface area contributed by atoms with Crippen LogP contribution in [0.25, 0.3) is 0 Å². The molecule has 0 spiro atoms. The van der Waals surface area contributed by atoms with E-state index in [9.17, 15) is 0 Å². The predicted molar refractivity (Wildman–Crippen MR) is 37.0 cm³/mol. The second kappa shape index (κ2) is 6.92. The lowest BCUT2D eigenvalue weighted by Crippen LogP contribution is -1.93. The van der Waals surface area contributed by atoms with Crippen molar-refractivity contribution in [1.82, 2.24) is 0 Å². The third-order valence-corrected chi connectivity index (χ3v) is 1.26. The molecule has 0 heterocycles. The largest absolute Gasteiger partial charge is 0.417 e. The van der Waals surface area contributed by atoms with E-state index in [-0.39, 0.29) is 0 Å². The maximum atomic E-state index is 5.11. The van der Waals surface area contributed by atoms with Crippen molar-refractivity contribution in [2.45, 2.75) is 19.9 Å². The van der Waals surface area contributed by atoms with Gasteiger partial charge in [0.2, 0.25) is 9.76 Å². The Labute approximate surface area is 53.7 Å². The van der Waals surface area contributed by atoms with Gasteiger partial charge in [0.25, 0.3) is 0 Å². The van der Waals surface area contributed by atoms with Crippen molar-refractivity contribution >= 4 is 9.76 Å². The normalized spacial score (nSPS) is 10.8. The van der Waals surface area contributed by atoms with Crippen LogP contribution in [0.4, 0.5) is 0 Å². The van der Waals surface area contributed by atoms with E-state index < -0.39 is 0 Å². The van der Waals surface area contributed by atoms with Crippen LogP contribution < -0.4 is 0 Å². The Morgan fingerprint density at radius 3 is 2.88 bits per heavy atom. The summed E-state index contributed by atoms with van der Waals surface area (Å²) in [6.45, 7) is 4.93. The Balaban J connectivity index is 2.72. The van der Waals surface area contributed by atoms with Crippen LogP contribution >= 0.6 is 0 Å². The number of hydrogen-bond donors (Lipinski definition) is 0. The molecule has 0 aliphatic carbocycles. The average Bonchev–Trinajstić information content (AvgIpc) is 1.81. The van der Waals surface area contributed by atoms with Crippen LogP contribution in [0, 0.1) is 0 Å². The second-order valence-corrected chi connectivity index (χ2v) is 2.11. The zero-order valence-electron chi connectivity index (χ0n) is 5.48. The summed E-state index contributed by atoms with van der Waals surface area (Å²) in [6, 6.07) is 0. The van der Waals surface area contributed by atoms with Crippen LogP contribution in [0.3, 0.4) is 0 Å². The average molecular weight is 128 g/mol. The molecule has 0 atom stereocenters. The molecule has 0 aromatic rings. The summed E-state index contributed by atoms with van der Waals surface area (Å²) < 4.78 is 5.11. The molecule has 0 amide bonds. The summed E-state index contributed by atoms with van der Waals surface area (Å²) in [5.41, 5.74) is 0. The predicted octanol–water partition coefficient (Wildman–Crippen LogP) is 1.64. The topological polar surface area (TPSA) is 9.23 Å². The molecule has 0 aliphatic rings. The van der Waals surface area contributed by atoms with Gasteiger partial charge in [-0.25, -0.2) is 0 Å². The van der Waals surface area contributed by atoms with E-state index in [0.29, 0.717) is 9.76 Å². The maximum Gasteiger partial charge on any atom is 0.226 e. The van der Waals surface area contributed by atoms with Gasteiger partial charge in [0.05, 0.1) is 0 Å². The van der Waals surface area contributed by atoms with Crippen molar-refractivity contribution < 1.29 is 4.43 Å². The summed E-state index contributed by atoms with van der Waals surface area (Å²) >= 11 is 0. The van der Waals surface area contributed by atoms with Gasteiger partial charge in [-0.05, 0) is 19.9 Å². The first kappa shape index (κ1) is 7.92. The third kappa shape index (κ3) is 5.92. The van der Waals surface area contributed by atoms with Crippen molar-refractivity contribution in [3.05, 3.63) is 12.2 Å². The molecule has 8 heavy (non-hydrogen) atoms. The summed E-state index contributed by atoms with van der Waals surface area (Å²) in [5.74, 6) is 0. The maximum absolute atomic E-state index is 5.11. The van der Waals surface area contributed by atoms with Crippen molar-refractivity contribution in [3.8, 4) is 0 Å². The Bertz CT molecular complexity index is 61.5. The zero-order chi connectivity index (χ0) is 6.24. The number of rotatable bonds is 4. The van der Waals surface area contributed by atoms with Crippen molar-refractivity contribution in [1.29, 1.82) is 0 Å². The smallest absolute Gasteiger partial charge is 0.226 e. The fourth-order valence-corrected chi connectivity index (χ4v) is 0.718. The zero-order valence-corrected chi connectivity index (χ0v) is 6.48. The number of hydrogen-bond acceptors (Lipinski definition) is 1. The second-order valence-electron chi connectivity index (χ2n) is 1.41. The van der Waals surface area contributed by atoms with Gasteiger partial charge < -0.3 is 4.43 Å². The molecule has 2 heteroatoms. The molecule has 0 aromatic heterocycles. The fourth-order valence-electron chi connectivity index (χ4n) is 0.396.